The molecule has 160 valence electrons. The van der Waals surface area contributed by atoms with Gasteiger partial charge in [-0.3, -0.25) is 0 Å². The number of rotatable bonds is 13. The van der Waals surface area contributed by atoms with E-state index in [-0.39, 0.29) is 4.90 Å². The van der Waals surface area contributed by atoms with Crippen LogP contribution in [0.1, 0.15) is 70.1 Å². The highest BCUT2D eigenvalue weighted by atomic mass is 32.2. The summed E-state index contributed by atoms with van der Waals surface area (Å²) < 4.78 is 26.1. The number of hydrogen-bond acceptors (Lipinski definition) is 6. The van der Waals surface area contributed by atoms with Crippen molar-refractivity contribution in [3.63, 3.8) is 0 Å². The Labute approximate surface area is 174 Å². The van der Waals surface area contributed by atoms with E-state index in [2.05, 4.69) is 22.4 Å². The van der Waals surface area contributed by atoms with Gasteiger partial charge in [-0.25, -0.2) is 0 Å². The van der Waals surface area contributed by atoms with Gasteiger partial charge in [0.25, 0.3) is 10.0 Å². The lowest BCUT2D eigenvalue weighted by Crippen LogP contribution is -2.13. The molecule has 0 bridgehead atoms. The van der Waals surface area contributed by atoms with E-state index in [9.17, 15) is 8.42 Å². The molecule has 0 aliphatic carbocycles. The summed E-state index contributed by atoms with van der Waals surface area (Å²) in [6.45, 7) is 6.57. The minimum atomic E-state index is -3.71. The van der Waals surface area contributed by atoms with E-state index in [1.54, 1.807) is 24.3 Å². The smallest absolute Gasteiger partial charge is 0.284 e. The topological polar surface area (TPSA) is 86.4 Å². The second-order valence-corrected chi connectivity index (χ2v) is 9.12. The van der Waals surface area contributed by atoms with Gasteiger partial charge in [0.1, 0.15) is 6.61 Å². The molecule has 1 aromatic heterocycles. The van der Waals surface area contributed by atoms with Crippen LogP contribution in [0.3, 0.4) is 0 Å². The van der Waals surface area contributed by atoms with Gasteiger partial charge in [0.05, 0.1) is 22.5 Å². The zero-order chi connectivity index (χ0) is 21.1. The molecule has 7 nitrogen and oxygen atoms in total. The van der Waals surface area contributed by atoms with Crippen molar-refractivity contribution in [1.82, 2.24) is 14.4 Å². The van der Waals surface area contributed by atoms with E-state index in [4.69, 9.17) is 4.84 Å². The fourth-order valence-electron chi connectivity index (χ4n) is 2.83. The molecule has 0 amide bonds. The summed E-state index contributed by atoms with van der Waals surface area (Å²) in [7, 11) is -3.71. The molecule has 0 atom stereocenters. The van der Waals surface area contributed by atoms with Crippen molar-refractivity contribution in [3.05, 3.63) is 41.7 Å². The molecule has 2 aromatic rings. The Balaban J connectivity index is 1.74. The summed E-state index contributed by atoms with van der Waals surface area (Å²) in [6.07, 6.45) is 9.91. The largest absolute Gasteiger partial charge is 0.396 e. The molecule has 0 N–H and O–H groups in total. The van der Waals surface area contributed by atoms with E-state index in [0.29, 0.717) is 25.1 Å². The standard InChI is InChI=1S/C21H32N4O3S/c1-4-5-6-7-8-10-19(3)23-28-16-9-11-20-17-25(24-22-20)29(26,27)21-14-12-18(2)13-15-21/h12-15,17H,4-11,16H2,1-3H3/b23-19+. The van der Waals surface area contributed by atoms with Crippen LogP contribution in [0.2, 0.25) is 0 Å². The number of aryl methyl sites for hydroxylation is 2. The van der Waals surface area contributed by atoms with Crippen LogP contribution < -0.4 is 0 Å². The molecule has 0 unspecified atom stereocenters. The normalized spacial score (nSPS) is 12.3. The average molecular weight is 421 g/mol. The summed E-state index contributed by atoms with van der Waals surface area (Å²) in [6, 6.07) is 6.67. The van der Waals surface area contributed by atoms with Gasteiger partial charge in [-0.15, -0.1) is 9.19 Å². The molecule has 0 spiro atoms. The number of unbranched alkanes of at least 4 members (excludes halogenated alkanes) is 4. The SMILES string of the molecule is CCCCCCC/C(C)=N/OCCCc1cn(S(=O)(=O)c2ccc(C)cc2)nn1. The van der Waals surface area contributed by atoms with Gasteiger partial charge in [0.15, 0.2) is 0 Å². The molecular weight excluding hydrogens is 388 g/mol. The molecule has 2 rings (SSSR count). The van der Waals surface area contributed by atoms with Crippen molar-refractivity contribution < 1.29 is 13.3 Å². The molecule has 0 saturated carbocycles. The maximum absolute atomic E-state index is 12.6. The van der Waals surface area contributed by atoms with E-state index >= 15 is 0 Å². The van der Waals surface area contributed by atoms with E-state index < -0.39 is 10.0 Å². The Morgan fingerprint density at radius 2 is 1.83 bits per heavy atom. The predicted octanol–water partition coefficient (Wildman–Crippen LogP) is 4.51. The van der Waals surface area contributed by atoms with Gasteiger partial charge in [-0.2, -0.15) is 8.42 Å². The first-order chi connectivity index (χ1) is 13.9. The molecule has 8 heteroatoms. The Bertz CT molecular complexity index is 874. The van der Waals surface area contributed by atoms with Crippen LogP contribution in [-0.2, 0) is 21.3 Å². The van der Waals surface area contributed by atoms with E-state index in [0.717, 1.165) is 28.2 Å². The second-order valence-electron chi connectivity index (χ2n) is 7.33. The van der Waals surface area contributed by atoms with Gasteiger partial charge in [-0.1, -0.05) is 60.7 Å². The van der Waals surface area contributed by atoms with Gasteiger partial charge >= 0.3 is 0 Å². The number of nitrogens with zero attached hydrogens (tertiary/aromatic N) is 4. The molecule has 29 heavy (non-hydrogen) atoms. The highest BCUT2D eigenvalue weighted by molar-refractivity contribution is 7.89. The summed E-state index contributed by atoms with van der Waals surface area (Å²) in [4.78, 5) is 5.56. The van der Waals surface area contributed by atoms with Gasteiger partial charge in [0.2, 0.25) is 0 Å². The van der Waals surface area contributed by atoms with E-state index in [1.807, 2.05) is 13.8 Å². The van der Waals surface area contributed by atoms with Crippen molar-refractivity contribution in [2.24, 2.45) is 5.16 Å². The first kappa shape index (κ1) is 23.1. The number of benzene rings is 1. The Hall–Kier alpha value is -2.22. The van der Waals surface area contributed by atoms with Crippen molar-refractivity contribution in [2.75, 3.05) is 6.61 Å². The van der Waals surface area contributed by atoms with Crippen molar-refractivity contribution in [1.29, 1.82) is 0 Å². The lowest BCUT2D eigenvalue weighted by atomic mass is 10.1. The molecule has 1 heterocycles. The van der Waals surface area contributed by atoms with Crippen molar-refractivity contribution >= 4 is 15.7 Å². The Kier molecular flexibility index (Phi) is 9.31. The first-order valence-electron chi connectivity index (χ1n) is 10.3. The van der Waals surface area contributed by atoms with Crippen LogP contribution in [0.15, 0.2) is 40.5 Å². The monoisotopic (exact) mass is 420 g/mol. The summed E-state index contributed by atoms with van der Waals surface area (Å²) in [5.41, 5.74) is 2.62. The first-order valence-corrected chi connectivity index (χ1v) is 11.8. The van der Waals surface area contributed by atoms with Crippen LogP contribution in [0.4, 0.5) is 0 Å². The predicted molar refractivity (Wildman–Crippen MR) is 115 cm³/mol. The highest BCUT2D eigenvalue weighted by Gasteiger charge is 2.18. The molecule has 0 aliphatic heterocycles. The van der Waals surface area contributed by atoms with Crippen molar-refractivity contribution in [3.8, 4) is 0 Å². The van der Waals surface area contributed by atoms with E-state index in [1.165, 1.54) is 31.9 Å². The van der Waals surface area contributed by atoms with Crippen LogP contribution in [0, 0.1) is 6.92 Å². The van der Waals surface area contributed by atoms with Crippen LogP contribution in [0.25, 0.3) is 0 Å². The highest BCUT2D eigenvalue weighted by Crippen LogP contribution is 2.14. The third-order valence-corrected chi connectivity index (χ3v) is 6.16. The third-order valence-electron chi connectivity index (χ3n) is 4.62. The van der Waals surface area contributed by atoms with Crippen molar-refractivity contribution in [2.45, 2.75) is 77.0 Å². The number of aromatic nitrogens is 3. The third kappa shape index (κ3) is 7.61. The Morgan fingerprint density at radius 1 is 1.10 bits per heavy atom. The zero-order valence-electron chi connectivity index (χ0n) is 17.7. The maximum Gasteiger partial charge on any atom is 0.284 e. The van der Waals surface area contributed by atoms with Gasteiger partial charge in [-0.05, 0) is 51.7 Å². The molecule has 0 radical (unpaired) electrons. The fraction of sp³-hybridized carbons (Fsp3) is 0.571. The minimum absolute atomic E-state index is 0.197. The number of oxime groups is 1. The lowest BCUT2D eigenvalue weighted by molar-refractivity contribution is 0.141. The molecule has 0 fully saturated rings. The molecular formula is C21H32N4O3S. The van der Waals surface area contributed by atoms with Gasteiger partial charge < -0.3 is 4.84 Å². The van der Waals surface area contributed by atoms with Gasteiger partial charge in [0, 0.05) is 0 Å². The Morgan fingerprint density at radius 3 is 2.55 bits per heavy atom. The van der Waals surface area contributed by atoms with Crippen LogP contribution in [-0.4, -0.2) is 35.1 Å². The maximum atomic E-state index is 12.6. The zero-order valence-corrected chi connectivity index (χ0v) is 18.5. The fourth-order valence-corrected chi connectivity index (χ4v) is 3.92. The quantitative estimate of drug-likeness (QED) is 0.270. The van der Waals surface area contributed by atoms with Crippen LogP contribution in [0.5, 0.6) is 0 Å². The molecule has 0 aliphatic rings. The summed E-state index contributed by atoms with van der Waals surface area (Å²) in [5.74, 6) is 0. The molecule has 0 saturated heterocycles. The average Bonchev–Trinajstić information content (AvgIpc) is 3.18. The number of hydrogen-bond donors (Lipinski definition) is 0. The molecule has 1 aromatic carbocycles. The minimum Gasteiger partial charge on any atom is -0.396 e. The second kappa shape index (κ2) is 11.7. The van der Waals surface area contributed by atoms with Crippen LogP contribution >= 0.6 is 0 Å². The lowest BCUT2D eigenvalue weighted by Gasteiger charge is -2.03. The summed E-state index contributed by atoms with van der Waals surface area (Å²) in [5, 5.41) is 11.9. The summed E-state index contributed by atoms with van der Waals surface area (Å²) >= 11 is 0.